The van der Waals surface area contributed by atoms with Crippen molar-refractivity contribution in [1.82, 2.24) is 16.0 Å². The lowest BCUT2D eigenvalue weighted by atomic mass is 9.81. The van der Waals surface area contributed by atoms with Gasteiger partial charge in [-0.15, -0.1) is 0 Å². The number of benzene rings is 1. The number of carbonyl (C=O) groups is 4. The largest absolute Gasteiger partial charge is 0.479 e. The smallest absolute Gasteiger partial charge is 0.408 e. The number of alkyl carbamates (subject to hydrolysis) is 1. The van der Waals surface area contributed by atoms with Gasteiger partial charge in [0, 0.05) is 12.5 Å². The molecule has 2 rings (SSSR count). The fraction of sp³-hybridized carbons (Fsp3) is 0.583. The summed E-state index contributed by atoms with van der Waals surface area (Å²) >= 11 is 0. The van der Waals surface area contributed by atoms with E-state index in [1.807, 2.05) is 0 Å². The second-order valence-electron chi connectivity index (χ2n) is 9.52. The second-order valence-corrected chi connectivity index (χ2v) is 9.52. The minimum absolute atomic E-state index is 0.219. The lowest BCUT2D eigenvalue weighted by Gasteiger charge is -2.29. The molecule has 1 saturated carbocycles. The summed E-state index contributed by atoms with van der Waals surface area (Å²) in [6.45, 7) is 7.29. The summed E-state index contributed by atoms with van der Waals surface area (Å²) in [6, 6.07) is 6.82. The summed E-state index contributed by atoms with van der Waals surface area (Å²) in [5.41, 5.74) is -0.111. The van der Waals surface area contributed by atoms with E-state index < -0.39 is 29.7 Å². The summed E-state index contributed by atoms with van der Waals surface area (Å²) in [4.78, 5) is 48.4. The van der Waals surface area contributed by atoms with Crippen LogP contribution in [0.3, 0.4) is 0 Å². The van der Waals surface area contributed by atoms with Crippen LogP contribution in [0.15, 0.2) is 30.3 Å². The summed E-state index contributed by atoms with van der Waals surface area (Å²) in [7, 11) is 0. The summed E-state index contributed by atoms with van der Waals surface area (Å²) in [6.07, 6.45) is 2.09. The first-order chi connectivity index (χ1) is 15.5. The first-order valence-corrected chi connectivity index (χ1v) is 11.3. The topological polar surface area (TPSA) is 134 Å². The van der Waals surface area contributed by atoms with Crippen LogP contribution in [-0.2, 0) is 19.1 Å². The van der Waals surface area contributed by atoms with Gasteiger partial charge >= 0.3 is 12.1 Å². The zero-order valence-electron chi connectivity index (χ0n) is 19.7. The van der Waals surface area contributed by atoms with Crippen molar-refractivity contribution in [2.75, 3.05) is 6.54 Å². The molecular weight excluding hydrogens is 426 g/mol. The molecule has 0 unspecified atom stereocenters. The van der Waals surface area contributed by atoms with E-state index >= 15 is 0 Å². The predicted octanol–water partition coefficient (Wildman–Crippen LogP) is 2.76. The highest BCUT2D eigenvalue weighted by Crippen LogP contribution is 2.29. The van der Waals surface area contributed by atoms with Crippen molar-refractivity contribution in [3.63, 3.8) is 0 Å². The Balaban J connectivity index is 1.75. The minimum Gasteiger partial charge on any atom is -0.479 e. The van der Waals surface area contributed by atoms with Crippen molar-refractivity contribution in [2.45, 2.75) is 71.1 Å². The Morgan fingerprint density at radius 2 is 1.64 bits per heavy atom. The van der Waals surface area contributed by atoms with Crippen molar-refractivity contribution >= 4 is 23.9 Å². The molecule has 0 saturated heterocycles. The molecule has 2 atom stereocenters. The standard InChI is InChI=1S/C24H35N3O6/c1-15(26-23(32)33-24(2,3)4)20(28)25-14-16-10-12-18(13-11-16)21(29)27-19(22(30)31)17-8-6-5-7-9-17/h5-9,15-16,18-19H,10-14H2,1-4H3,(H,25,28)(H,26,32)(H,27,29)(H,30,31)/t15-,16?,18?,19-/m1/s1. The van der Waals surface area contributed by atoms with Gasteiger partial charge in [0.2, 0.25) is 11.8 Å². The fourth-order valence-corrected chi connectivity index (χ4v) is 3.77. The molecular formula is C24H35N3O6. The number of hydrogen-bond donors (Lipinski definition) is 4. The van der Waals surface area contributed by atoms with E-state index in [1.165, 1.54) is 0 Å². The van der Waals surface area contributed by atoms with Gasteiger partial charge in [0.15, 0.2) is 6.04 Å². The van der Waals surface area contributed by atoms with Crippen LogP contribution in [0.5, 0.6) is 0 Å². The number of carboxylic acid groups (broad SMARTS) is 1. The third-order valence-corrected chi connectivity index (χ3v) is 5.58. The first kappa shape index (κ1) is 26.2. The average molecular weight is 462 g/mol. The maximum Gasteiger partial charge on any atom is 0.408 e. The molecule has 0 aliphatic heterocycles. The highest BCUT2D eigenvalue weighted by molar-refractivity contribution is 5.86. The quantitative estimate of drug-likeness (QED) is 0.470. The molecule has 1 aliphatic carbocycles. The van der Waals surface area contributed by atoms with E-state index in [4.69, 9.17) is 4.74 Å². The Labute approximate surface area is 194 Å². The first-order valence-electron chi connectivity index (χ1n) is 11.3. The van der Waals surface area contributed by atoms with Crippen LogP contribution in [0.25, 0.3) is 0 Å². The lowest BCUT2D eigenvalue weighted by Crippen LogP contribution is -2.47. The van der Waals surface area contributed by atoms with Gasteiger partial charge in [-0.05, 0) is 64.9 Å². The molecule has 0 radical (unpaired) electrons. The van der Waals surface area contributed by atoms with Gasteiger partial charge < -0.3 is 25.8 Å². The maximum atomic E-state index is 12.7. The molecule has 182 valence electrons. The van der Waals surface area contributed by atoms with Crippen molar-refractivity contribution in [3.05, 3.63) is 35.9 Å². The van der Waals surface area contributed by atoms with E-state index in [-0.39, 0.29) is 23.7 Å². The van der Waals surface area contributed by atoms with Crippen LogP contribution in [0.1, 0.15) is 65.0 Å². The van der Waals surface area contributed by atoms with Crippen LogP contribution >= 0.6 is 0 Å². The Morgan fingerprint density at radius 1 is 1.03 bits per heavy atom. The summed E-state index contributed by atoms with van der Waals surface area (Å²) in [5.74, 6) is -1.69. The zero-order chi connectivity index (χ0) is 24.6. The Morgan fingerprint density at radius 3 is 2.18 bits per heavy atom. The van der Waals surface area contributed by atoms with Crippen molar-refractivity contribution in [2.24, 2.45) is 11.8 Å². The van der Waals surface area contributed by atoms with Gasteiger partial charge in [-0.25, -0.2) is 9.59 Å². The highest BCUT2D eigenvalue weighted by atomic mass is 16.6. The van der Waals surface area contributed by atoms with Crippen LogP contribution in [0.2, 0.25) is 0 Å². The summed E-state index contributed by atoms with van der Waals surface area (Å²) in [5, 5.41) is 17.5. The molecule has 0 spiro atoms. The number of aliphatic carboxylic acids is 1. The number of carbonyl (C=O) groups excluding carboxylic acids is 3. The number of carboxylic acids is 1. The molecule has 9 nitrogen and oxygen atoms in total. The van der Waals surface area contributed by atoms with Crippen molar-refractivity contribution in [3.8, 4) is 0 Å². The lowest BCUT2D eigenvalue weighted by molar-refractivity contribution is -0.143. The highest BCUT2D eigenvalue weighted by Gasteiger charge is 2.30. The van der Waals surface area contributed by atoms with Crippen LogP contribution < -0.4 is 16.0 Å². The number of rotatable bonds is 8. The molecule has 0 heterocycles. The molecule has 1 aromatic carbocycles. The van der Waals surface area contributed by atoms with Gasteiger partial charge in [-0.1, -0.05) is 30.3 Å². The van der Waals surface area contributed by atoms with Gasteiger partial charge in [-0.2, -0.15) is 0 Å². The molecule has 0 bridgehead atoms. The molecule has 1 aromatic rings. The maximum absolute atomic E-state index is 12.7. The number of ether oxygens (including phenoxy) is 1. The molecule has 1 aliphatic rings. The Kier molecular flexibility index (Phi) is 9.25. The fourth-order valence-electron chi connectivity index (χ4n) is 3.77. The van der Waals surface area contributed by atoms with Crippen LogP contribution in [0.4, 0.5) is 4.79 Å². The molecule has 3 amide bonds. The van der Waals surface area contributed by atoms with Gasteiger partial charge in [0.1, 0.15) is 11.6 Å². The van der Waals surface area contributed by atoms with E-state index in [0.29, 0.717) is 24.9 Å². The number of amides is 3. The number of hydrogen-bond acceptors (Lipinski definition) is 5. The third-order valence-electron chi connectivity index (χ3n) is 5.58. The monoisotopic (exact) mass is 461 g/mol. The van der Waals surface area contributed by atoms with Gasteiger partial charge in [0.25, 0.3) is 0 Å². The van der Waals surface area contributed by atoms with E-state index in [2.05, 4.69) is 16.0 Å². The van der Waals surface area contributed by atoms with Gasteiger partial charge in [-0.3, -0.25) is 9.59 Å². The number of nitrogens with one attached hydrogen (secondary N) is 3. The van der Waals surface area contributed by atoms with E-state index in [1.54, 1.807) is 58.0 Å². The van der Waals surface area contributed by atoms with Crippen LogP contribution in [-0.4, -0.2) is 47.2 Å². The molecule has 33 heavy (non-hydrogen) atoms. The van der Waals surface area contributed by atoms with Crippen LogP contribution in [0, 0.1) is 11.8 Å². The third kappa shape index (κ3) is 8.75. The molecule has 0 aromatic heterocycles. The molecule has 9 heteroatoms. The normalized spacial score (nSPS) is 20.1. The Hall–Kier alpha value is -3.10. The second kappa shape index (κ2) is 11.7. The van der Waals surface area contributed by atoms with Crippen molar-refractivity contribution in [1.29, 1.82) is 0 Å². The Bertz CT molecular complexity index is 828. The SMILES string of the molecule is C[C@@H](NC(=O)OC(C)(C)C)C(=O)NCC1CCC(C(=O)N[C@@H](C(=O)O)c2ccccc2)CC1. The molecule has 4 N–H and O–H groups in total. The minimum atomic E-state index is -1.10. The predicted molar refractivity (Wildman–Crippen MR) is 122 cm³/mol. The van der Waals surface area contributed by atoms with E-state index in [0.717, 1.165) is 12.8 Å². The molecule has 1 fully saturated rings. The summed E-state index contributed by atoms with van der Waals surface area (Å²) < 4.78 is 5.15. The van der Waals surface area contributed by atoms with E-state index in [9.17, 15) is 24.3 Å². The average Bonchev–Trinajstić information content (AvgIpc) is 2.74. The van der Waals surface area contributed by atoms with Gasteiger partial charge in [0.05, 0.1) is 0 Å². The zero-order valence-corrected chi connectivity index (χ0v) is 19.7. The van der Waals surface area contributed by atoms with Crippen molar-refractivity contribution < 1.29 is 29.0 Å².